The van der Waals surface area contributed by atoms with Gasteiger partial charge in [-0.1, -0.05) is 48.5 Å². The van der Waals surface area contributed by atoms with Crippen molar-refractivity contribution in [2.45, 2.75) is 37.8 Å². The van der Waals surface area contributed by atoms with E-state index in [0.717, 1.165) is 28.5 Å². The van der Waals surface area contributed by atoms with E-state index >= 15 is 0 Å². The molecule has 2 atom stereocenters. The molecule has 0 aliphatic heterocycles. The van der Waals surface area contributed by atoms with Crippen LogP contribution < -0.4 is 10.6 Å². The van der Waals surface area contributed by atoms with Gasteiger partial charge in [-0.2, -0.15) is 0 Å². The van der Waals surface area contributed by atoms with Gasteiger partial charge in [-0.25, -0.2) is 13.2 Å². The third-order valence-electron chi connectivity index (χ3n) is 5.60. The molecule has 0 heterocycles. The average molecular weight is 489 g/mol. The quantitative estimate of drug-likeness (QED) is 0.466. The zero-order chi connectivity index (χ0) is 24.9. The lowest BCUT2D eigenvalue weighted by Crippen LogP contribution is -2.50. The van der Waals surface area contributed by atoms with Crippen molar-refractivity contribution >= 4 is 27.8 Å². The molecule has 2 aromatic rings. The minimum absolute atomic E-state index is 0.0374. The van der Waals surface area contributed by atoms with E-state index in [4.69, 9.17) is 9.84 Å². The molecular weight excluding hydrogens is 460 g/mol. The van der Waals surface area contributed by atoms with Crippen LogP contribution in [0.3, 0.4) is 0 Å². The molecule has 0 saturated carbocycles. The molecule has 0 fully saturated rings. The van der Waals surface area contributed by atoms with Gasteiger partial charge < -0.3 is 20.5 Å². The number of carboxylic acid groups (broad SMARTS) is 1. The van der Waals surface area contributed by atoms with Crippen LogP contribution in [-0.4, -0.2) is 62.2 Å². The molecule has 1 unspecified atom stereocenters. The zero-order valence-electron chi connectivity index (χ0n) is 19.0. The molecule has 9 nitrogen and oxygen atoms in total. The topological polar surface area (TPSA) is 139 Å². The van der Waals surface area contributed by atoms with Crippen molar-refractivity contribution in [3.8, 4) is 11.1 Å². The maximum absolute atomic E-state index is 12.6. The molecule has 182 valence electrons. The van der Waals surface area contributed by atoms with E-state index in [9.17, 15) is 22.8 Å². The summed E-state index contributed by atoms with van der Waals surface area (Å²) < 4.78 is 28.6. The molecule has 2 aromatic carbocycles. The summed E-state index contributed by atoms with van der Waals surface area (Å²) in [6.45, 7) is 1.54. The van der Waals surface area contributed by atoms with E-state index in [1.54, 1.807) is 0 Å². The molecule has 1 aliphatic rings. The van der Waals surface area contributed by atoms with Crippen molar-refractivity contribution in [1.29, 1.82) is 0 Å². The van der Waals surface area contributed by atoms with Crippen LogP contribution in [0.1, 0.15) is 36.8 Å². The summed E-state index contributed by atoms with van der Waals surface area (Å²) in [7, 11) is -3.39. The summed E-state index contributed by atoms with van der Waals surface area (Å²) in [5.74, 6) is -2.27. The number of hydrogen-bond donors (Lipinski definition) is 3. The Labute approximate surface area is 198 Å². The van der Waals surface area contributed by atoms with Crippen LogP contribution in [0.2, 0.25) is 0 Å². The number of ether oxygens (including phenoxy) is 1. The second kappa shape index (κ2) is 10.7. The normalized spacial score (nSPS) is 14.4. The van der Waals surface area contributed by atoms with E-state index in [0.29, 0.717) is 0 Å². The highest BCUT2D eigenvalue weighted by atomic mass is 32.2. The van der Waals surface area contributed by atoms with Gasteiger partial charge in [0, 0.05) is 18.2 Å². The number of hydrogen-bond acceptors (Lipinski definition) is 6. The van der Waals surface area contributed by atoms with Crippen LogP contribution in [0.25, 0.3) is 11.1 Å². The lowest BCUT2D eigenvalue weighted by Gasteiger charge is -2.21. The van der Waals surface area contributed by atoms with Crippen LogP contribution in [0.4, 0.5) is 4.79 Å². The fourth-order valence-electron chi connectivity index (χ4n) is 4.04. The van der Waals surface area contributed by atoms with Crippen LogP contribution in [0.5, 0.6) is 0 Å². The molecular formula is C24H28N2O7S. The first-order valence-corrected chi connectivity index (χ1v) is 12.9. The van der Waals surface area contributed by atoms with Crippen molar-refractivity contribution in [2.24, 2.45) is 0 Å². The highest BCUT2D eigenvalue weighted by Crippen LogP contribution is 2.44. The van der Waals surface area contributed by atoms with Crippen molar-refractivity contribution in [2.75, 3.05) is 18.6 Å². The highest BCUT2D eigenvalue weighted by Gasteiger charge is 2.30. The lowest BCUT2D eigenvalue weighted by atomic mass is 9.98. The van der Waals surface area contributed by atoms with E-state index in [1.165, 1.54) is 6.92 Å². The second-order valence-electron chi connectivity index (χ2n) is 8.45. The summed E-state index contributed by atoms with van der Waals surface area (Å²) in [6, 6.07) is 13.8. The van der Waals surface area contributed by atoms with Gasteiger partial charge in [-0.15, -0.1) is 0 Å². The highest BCUT2D eigenvalue weighted by molar-refractivity contribution is 7.90. The van der Waals surface area contributed by atoms with E-state index in [1.807, 2.05) is 48.5 Å². The number of amides is 2. The van der Waals surface area contributed by atoms with Gasteiger partial charge in [0.2, 0.25) is 5.91 Å². The fraction of sp³-hybridized carbons (Fsp3) is 0.375. The molecule has 1 aliphatic carbocycles. The maximum Gasteiger partial charge on any atom is 0.407 e. The summed E-state index contributed by atoms with van der Waals surface area (Å²) >= 11 is 0. The maximum atomic E-state index is 12.6. The SMILES string of the molecule is C[C@@H](CC(=O)O)NC(=O)C(CCS(C)(=O)=O)NC(=O)OCC1c2ccccc2-c2ccccc21. The largest absolute Gasteiger partial charge is 0.481 e. The van der Waals surface area contributed by atoms with Crippen molar-refractivity contribution in [3.63, 3.8) is 0 Å². The number of carbonyl (C=O) groups is 3. The first-order valence-electron chi connectivity index (χ1n) is 10.9. The number of carbonyl (C=O) groups excluding carboxylic acids is 2. The summed E-state index contributed by atoms with van der Waals surface area (Å²) in [5.41, 5.74) is 4.21. The molecule has 34 heavy (non-hydrogen) atoms. The number of aliphatic carboxylic acids is 1. The third kappa shape index (κ3) is 6.57. The lowest BCUT2D eigenvalue weighted by molar-refractivity contribution is -0.137. The van der Waals surface area contributed by atoms with Crippen molar-refractivity contribution in [1.82, 2.24) is 10.6 Å². The number of fused-ring (bicyclic) bond motifs is 3. The molecule has 2 amide bonds. The molecule has 0 aromatic heterocycles. The van der Waals surface area contributed by atoms with Gasteiger partial charge in [-0.05, 0) is 35.6 Å². The summed E-state index contributed by atoms with van der Waals surface area (Å²) in [6.07, 6.45) is -0.312. The van der Waals surface area contributed by atoms with E-state index < -0.39 is 39.9 Å². The van der Waals surface area contributed by atoms with Crippen LogP contribution in [-0.2, 0) is 24.2 Å². The number of nitrogens with one attached hydrogen (secondary N) is 2. The van der Waals surface area contributed by atoms with Crippen LogP contribution >= 0.6 is 0 Å². The summed E-state index contributed by atoms with van der Waals surface area (Å²) in [5, 5.41) is 13.8. The predicted molar refractivity (Wildman–Crippen MR) is 126 cm³/mol. The van der Waals surface area contributed by atoms with E-state index in [-0.39, 0.29) is 31.1 Å². The number of alkyl carbamates (subject to hydrolysis) is 1. The Hall–Kier alpha value is -3.40. The second-order valence-corrected chi connectivity index (χ2v) is 10.7. The number of rotatable bonds is 10. The molecule has 3 rings (SSSR count). The van der Waals surface area contributed by atoms with Crippen LogP contribution in [0, 0.1) is 0 Å². The molecule has 10 heteroatoms. The minimum Gasteiger partial charge on any atom is -0.481 e. The third-order valence-corrected chi connectivity index (χ3v) is 6.58. The van der Waals surface area contributed by atoms with Gasteiger partial charge >= 0.3 is 12.1 Å². The van der Waals surface area contributed by atoms with Gasteiger partial charge in [0.15, 0.2) is 0 Å². The zero-order valence-corrected chi connectivity index (χ0v) is 19.8. The number of sulfone groups is 1. The van der Waals surface area contributed by atoms with Crippen LogP contribution in [0.15, 0.2) is 48.5 Å². The van der Waals surface area contributed by atoms with Gasteiger partial charge in [0.05, 0.1) is 12.2 Å². The Bertz CT molecular complexity index is 1130. The fourth-order valence-corrected chi connectivity index (χ4v) is 4.70. The molecule has 0 radical (unpaired) electrons. The molecule has 0 bridgehead atoms. The first-order chi connectivity index (χ1) is 16.0. The Kier molecular flexibility index (Phi) is 7.93. The molecule has 0 saturated heterocycles. The number of benzene rings is 2. The van der Waals surface area contributed by atoms with Gasteiger partial charge in [0.1, 0.15) is 22.5 Å². The average Bonchev–Trinajstić information content (AvgIpc) is 3.07. The standard InChI is InChI=1S/C24H28N2O7S/c1-15(13-22(27)28)25-23(29)21(11-12-34(2,31)32)26-24(30)33-14-20-18-9-5-3-7-16(18)17-8-4-6-10-19(17)20/h3-10,15,20-21H,11-14H2,1-2H3,(H,25,29)(H,26,30)(H,27,28)/t15-,21?/m0/s1. The molecule has 0 spiro atoms. The minimum atomic E-state index is -3.39. The Balaban J connectivity index is 1.67. The van der Waals surface area contributed by atoms with Crippen molar-refractivity contribution < 1.29 is 32.6 Å². The smallest absolute Gasteiger partial charge is 0.407 e. The monoisotopic (exact) mass is 488 g/mol. The Morgan fingerprint density at radius 1 is 1.00 bits per heavy atom. The number of carboxylic acids is 1. The van der Waals surface area contributed by atoms with Gasteiger partial charge in [0.25, 0.3) is 0 Å². The first kappa shape index (κ1) is 25.2. The van der Waals surface area contributed by atoms with Crippen molar-refractivity contribution in [3.05, 3.63) is 59.7 Å². The van der Waals surface area contributed by atoms with E-state index in [2.05, 4.69) is 10.6 Å². The Morgan fingerprint density at radius 2 is 1.56 bits per heavy atom. The summed E-state index contributed by atoms with van der Waals surface area (Å²) in [4.78, 5) is 36.0. The molecule has 3 N–H and O–H groups in total. The Morgan fingerprint density at radius 3 is 2.09 bits per heavy atom. The predicted octanol–water partition coefficient (Wildman–Crippen LogP) is 2.31. The van der Waals surface area contributed by atoms with Gasteiger partial charge in [-0.3, -0.25) is 9.59 Å².